The third-order valence-corrected chi connectivity index (χ3v) is 3.53. The van der Waals surface area contributed by atoms with Crippen molar-refractivity contribution in [3.05, 3.63) is 28.8 Å². The second kappa shape index (κ2) is 4.97. The lowest BCUT2D eigenvalue weighted by Crippen LogP contribution is -2.25. The molecule has 0 spiro atoms. The first-order chi connectivity index (χ1) is 8.43. The highest BCUT2D eigenvalue weighted by Crippen LogP contribution is 2.41. The highest BCUT2D eigenvalue weighted by Gasteiger charge is 2.37. The van der Waals surface area contributed by atoms with Crippen molar-refractivity contribution in [3.63, 3.8) is 0 Å². The minimum atomic E-state index is -4.39. The van der Waals surface area contributed by atoms with E-state index in [9.17, 15) is 13.2 Å². The van der Waals surface area contributed by atoms with Crippen molar-refractivity contribution in [2.24, 2.45) is 11.7 Å². The smallest absolute Gasteiger partial charge is 0.369 e. The van der Waals surface area contributed by atoms with Crippen molar-refractivity contribution in [1.29, 1.82) is 0 Å². The summed E-state index contributed by atoms with van der Waals surface area (Å²) in [5.74, 6) is 0.238. The van der Waals surface area contributed by atoms with Crippen LogP contribution in [0.5, 0.6) is 0 Å². The van der Waals surface area contributed by atoms with Crippen LogP contribution in [0.4, 0.5) is 18.9 Å². The molecule has 1 aromatic carbocycles. The van der Waals surface area contributed by atoms with Gasteiger partial charge >= 0.3 is 6.18 Å². The average Bonchev–Trinajstić information content (AvgIpc) is 2.75. The van der Waals surface area contributed by atoms with Crippen molar-refractivity contribution in [1.82, 2.24) is 0 Å². The summed E-state index contributed by atoms with van der Waals surface area (Å²) in [6.07, 6.45) is -3.58. The molecule has 18 heavy (non-hydrogen) atoms. The molecule has 100 valence electrons. The Hall–Kier alpha value is -0.940. The molecule has 2 nitrogen and oxygen atoms in total. The summed E-state index contributed by atoms with van der Waals surface area (Å²) >= 11 is 5.93. The van der Waals surface area contributed by atoms with E-state index in [1.165, 1.54) is 12.1 Å². The molecule has 6 heteroatoms. The van der Waals surface area contributed by atoms with E-state index in [2.05, 4.69) is 0 Å². The minimum Gasteiger partial charge on any atom is -0.369 e. The maximum atomic E-state index is 13.0. The zero-order chi connectivity index (χ0) is 13.3. The van der Waals surface area contributed by atoms with Crippen LogP contribution in [0.25, 0.3) is 0 Å². The number of halogens is 4. The van der Waals surface area contributed by atoms with Gasteiger partial charge in [0.1, 0.15) is 0 Å². The Balaban J connectivity index is 2.38. The molecule has 1 aliphatic rings. The number of alkyl halides is 3. The summed E-state index contributed by atoms with van der Waals surface area (Å²) in [5, 5.41) is 0.141. The normalized spacial score (nSPS) is 20.5. The standard InChI is InChI=1S/C12H14ClF3N2/c13-10-3-1-2-9(12(14,15)16)11(10)18-5-4-8(6-17)7-18/h1-3,8H,4-7,17H2. The fourth-order valence-electron chi connectivity index (χ4n) is 2.29. The third-order valence-electron chi connectivity index (χ3n) is 3.23. The Labute approximate surface area is 109 Å². The molecule has 1 aliphatic heterocycles. The van der Waals surface area contributed by atoms with Crippen LogP contribution >= 0.6 is 11.6 Å². The predicted molar refractivity (Wildman–Crippen MR) is 65.8 cm³/mol. The number of hydrogen-bond donors (Lipinski definition) is 1. The van der Waals surface area contributed by atoms with Gasteiger partial charge in [-0.2, -0.15) is 13.2 Å². The van der Waals surface area contributed by atoms with Gasteiger partial charge in [-0.3, -0.25) is 0 Å². The zero-order valence-corrected chi connectivity index (χ0v) is 10.4. The summed E-state index contributed by atoms with van der Waals surface area (Å²) in [5.41, 5.74) is 4.97. The van der Waals surface area contributed by atoms with Gasteiger partial charge in [-0.25, -0.2) is 0 Å². The fraction of sp³-hybridized carbons (Fsp3) is 0.500. The van der Waals surface area contributed by atoms with E-state index < -0.39 is 11.7 Å². The van der Waals surface area contributed by atoms with E-state index in [-0.39, 0.29) is 16.6 Å². The molecule has 1 aromatic rings. The molecule has 0 amide bonds. The van der Waals surface area contributed by atoms with Crippen LogP contribution in [0.15, 0.2) is 18.2 Å². The fourth-order valence-corrected chi connectivity index (χ4v) is 2.59. The van der Waals surface area contributed by atoms with Crippen LogP contribution < -0.4 is 10.6 Å². The Morgan fingerprint density at radius 1 is 1.39 bits per heavy atom. The summed E-state index contributed by atoms with van der Waals surface area (Å²) in [4.78, 5) is 1.68. The van der Waals surface area contributed by atoms with Gasteiger partial charge < -0.3 is 10.6 Å². The average molecular weight is 279 g/mol. The molecule has 1 atom stereocenters. The third kappa shape index (κ3) is 2.57. The van der Waals surface area contributed by atoms with Crippen LogP contribution in [-0.4, -0.2) is 19.6 Å². The van der Waals surface area contributed by atoms with E-state index in [0.717, 1.165) is 12.5 Å². The van der Waals surface area contributed by atoms with Gasteiger partial charge in [0, 0.05) is 13.1 Å². The van der Waals surface area contributed by atoms with E-state index in [0.29, 0.717) is 19.6 Å². The molecule has 2 rings (SSSR count). The minimum absolute atomic E-state index is 0.0858. The van der Waals surface area contributed by atoms with Crippen LogP contribution in [0.1, 0.15) is 12.0 Å². The topological polar surface area (TPSA) is 29.3 Å². The highest BCUT2D eigenvalue weighted by molar-refractivity contribution is 6.33. The van der Waals surface area contributed by atoms with Crippen molar-refractivity contribution in [2.45, 2.75) is 12.6 Å². The lowest BCUT2D eigenvalue weighted by Gasteiger charge is -2.24. The second-order valence-electron chi connectivity index (χ2n) is 4.47. The van der Waals surface area contributed by atoms with Gasteiger partial charge in [-0.15, -0.1) is 0 Å². The summed E-state index contributed by atoms with van der Waals surface area (Å²) in [7, 11) is 0. The Morgan fingerprint density at radius 3 is 2.67 bits per heavy atom. The van der Waals surface area contributed by atoms with Gasteiger partial charge in [0.05, 0.1) is 16.3 Å². The highest BCUT2D eigenvalue weighted by atomic mass is 35.5. The van der Waals surface area contributed by atoms with Gasteiger partial charge in [-0.05, 0) is 31.0 Å². The van der Waals surface area contributed by atoms with Crippen LogP contribution in [0.3, 0.4) is 0 Å². The van der Waals surface area contributed by atoms with Crippen molar-refractivity contribution < 1.29 is 13.2 Å². The monoisotopic (exact) mass is 278 g/mol. The van der Waals surface area contributed by atoms with Crippen LogP contribution in [-0.2, 0) is 6.18 Å². The molecule has 0 bridgehead atoms. The molecule has 0 saturated carbocycles. The van der Waals surface area contributed by atoms with Gasteiger partial charge in [0.25, 0.3) is 0 Å². The number of rotatable bonds is 2. The first-order valence-electron chi connectivity index (χ1n) is 5.74. The lowest BCUT2D eigenvalue weighted by atomic mass is 10.1. The van der Waals surface area contributed by atoms with Crippen molar-refractivity contribution >= 4 is 17.3 Å². The molecule has 1 fully saturated rings. The predicted octanol–water partition coefficient (Wildman–Crippen LogP) is 3.14. The molecule has 1 heterocycles. The Morgan fingerprint density at radius 2 is 2.11 bits per heavy atom. The molecular formula is C12H14ClF3N2. The zero-order valence-electron chi connectivity index (χ0n) is 9.67. The van der Waals surface area contributed by atoms with Crippen molar-refractivity contribution in [3.8, 4) is 0 Å². The lowest BCUT2D eigenvalue weighted by molar-refractivity contribution is -0.137. The van der Waals surface area contributed by atoms with Gasteiger partial charge in [0.2, 0.25) is 0 Å². The number of nitrogens with zero attached hydrogens (tertiary/aromatic N) is 1. The SMILES string of the molecule is NCC1CCN(c2c(Cl)cccc2C(F)(F)F)C1. The van der Waals surface area contributed by atoms with Crippen LogP contribution in [0, 0.1) is 5.92 Å². The van der Waals surface area contributed by atoms with E-state index in [1.807, 2.05) is 0 Å². The largest absolute Gasteiger partial charge is 0.418 e. The maximum Gasteiger partial charge on any atom is 0.418 e. The van der Waals surface area contributed by atoms with E-state index >= 15 is 0 Å². The Bertz CT molecular complexity index is 434. The number of anilines is 1. The molecule has 1 unspecified atom stereocenters. The molecule has 1 saturated heterocycles. The first kappa shape index (κ1) is 13.5. The molecule has 0 radical (unpaired) electrons. The van der Waals surface area contributed by atoms with E-state index in [4.69, 9.17) is 17.3 Å². The quantitative estimate of drug-likeness (QED) is 0.900. The molecule has 2 N–H and O–H groups in total. The Kier molecular flexibility index (Phi) is 3.73. The van der Waals surface area contributed by atoms with Crippen LogP contribution in [0.2, 0.25) is 5.02 Å². The summed E-state index contributed by atoms with van der Waals surface area (Å²) in [6, 6.07) is 3.88. The van der Waals surface area contributed by atoms with Gasteiger partial charge in [-0.1, -0.05) is 17.7 Å². The van der Waals surface area contributed by atoms with E-state index in [1.54, 1.807) is 4.90 Å². The second-order valence-corrected chi connectivity index (χ2v) is 4.88. The molecule has 0 aromatic heterocycles. The maximum absolute atomic E-state index is 13.0. The summed E-state index contributed by atoms with van der Waals surface area (Å²) in [6.45, 7) is 1.58. The first-order valence-corrected chi connectivity index (χ1v) is 6.12. The molecular weight excluding hydrogens is 265 g/mol. The number of hydrogen-bond acceptors (Lipinski definition) is 2. The number of nitrogens with two attached hydrogens (primary N) is 1. The molecule has 0 aliphatic carbocycles. The summed E-state index contributed by atoms with van der Waals surface area (Å²) < 4.78 is 38.9. The van der Waals surface area contributed by atoms with Gasteiger partial charge in [0.15, 0.2) is 0 Å². The van der Waals surface area contributed by atoms with Crippen molar-refractivity contribution in [2.75, 3.05) is 24.5 Å². The number of benzene rings is 1. The number of para-hydroxylation sites is 1.